The zero-order valence-corrected chi connectivity index (χ0v) is 10.8. The largest absolute Gasteiger partial charge is 0.493 e. The van der Waals surface area contributed by atoms with Crippen LogP contribution in [0.4, 0.5) is 13.2 Å². The van der Waals surface area contributed by atoms with Gasteiger partial charge in [0.25, 0.3) is 0 Å². The number of aliphatic hydroxyl groups is 1. The quantitative estimate of drug-likeness (QED) is 0.810. The average Bonchev–Trinajstić information content (AvgIpc) is 2.33. The van der Waals surface area contributed by atoms with Gasteiger partial charge in [0, 0.05) is 6.42 Å². The van der Waals surface area contributed by atoms with Crippen molar-refractivity contribution in [1.29, 1.82) is 0 Å². The van der Waals surface area contributed by atoms with Crippen LogP contribution in [0.1, 0.15) is 31.4 Å². The molecule has 0 heterocycles. The molecule has 0 aromatic heterocycles. The molecule has 1 atom stereocenters. The van der Waals surface area contributed by atoms with Gasteiger partial charge < -0.3 is 14.6 Å². The van der Waals surface area contributed by atoms with E-state index in [-0.39, 0.29) is 13.0 Å². The van der Waals surface area contributed by atoms with Crippen LogP contribution < -0.4 is 9.47 Å². The van der Waals surface area contributed by atoms with E-state index in [4.69, 9.17) is 9.47 Å². The molecule has 1 aromatic rings. The highest BCUT2D eigenvalue weighted by Crippen LogP contribution is 2.30. The second-order valence-corrected chi connectivity index (χ2v) is 4.15. The first-order valence-corrected chi connectivity index (χ1v) is 5.89. The van der Waals surface area contributed by atoms with Gasteiger partial charge in [0.15, 0.2) is 11.5 Å². The summed E-state index contributed by atoms with van der Waals surface area (Å²) in [6, 6.07) is 4.82. The summed E-state index contributed by atoms with van der Waals surface area (Å²) in [5.74, 6) is 0.763. The van der Waals surface area contributed by atoms with Gasteiger partial charge in [-0.05, 0) is 31.0 Å². The van der Waals surface area contributed by atoms with Gasteiger partial charge in [-0.2, -0.15) is 13.2 Å². The van der Waals surface area contributed by atoms with E-state index in [1.54, 1.807) is 25.1 Å². The Balaban J connectivity index is 2.58. The molecule has 0 spiro atoms. The Morgan fingerprint density at radius 2 is 1.95 bits per heavy atom. The molecule has 0 radical (unpaired) electrons. The second-order valence-electron chi connectivity index (χ2n) is 4.15. The molecule has 0 bridgehead atoms. The third-order valence-corrected chi connectivity index (χ3v) is 2.53. The molecule has 1 aromatic carbocycles. The number of rotatable bonds is 6. The van der Waals surface area contributed by atoms with Gasteiger partial charge in [0.1, 0.15) is 0 Å². The lowest BCUT2D eigenvalue weighted by Crippen LogP contribution is -2.10. The van der Waals surface area contributed by atoms with Crippen molar-refractivity contribution < 1.29 is 27.8 Å². The van der Waals surface area contributed by atoms with E-state index in [9.17, 15) is 18.3 Å². The van der Waals surface area contributed by atoms with E-state index in [1.165, 1.54) is 7.11 Å². The standard InChI is InChI=1S/C13H17F3O3/c1-9(17)10-4-5-11(12(8-10)18-2)19-7-3-6-13(14,15)16/h4-5,8-9,17H,3,6-7H2,1-2H3. The predicted molar refractivity (Wildman–Crippen MR) is 64.4 cm³/mol. The summed E-state index contributed by atoms with van der Waals surface area (Å²) >= 11 is 0. The fraction of sp³-hybridized carbons (Fsp3) is 0.538. The molecule has 108 valence electrons. The molecule has 0 fully saturated rings. The summed E-state index contributed by atoms with van der Waals surface area (Å²) in [7, 11) is 1.43. The summed E-state index contributed by atoms with van der Waals surface area (Å²) in [5, 5.41) is 9.42. The molecule has 0 aliphatic rings. The molecular formula is C13H17F3O3. The molecule has 0 aliphatic carbocycles. The Labute approximate surface area is 110 Å². The molecule has 3 nitrogen and oxygen atoms in total. The summed E-state index contributed by atoms with van der Waals surface area (Å²) < 4.78 is 46.2. The summed E-state index contributed by atoms with van der Waals surface area (Å²) in [6.45, 7) is 1.57. The lowest BCUT2D eigenvalue weighted by molar-refractivity contribution is -0.136. The van der Waals surface area contributed by atoms with Gasteiger partial charge in [0.2, 0.25) is 0 Å². The Morgan fingerprint density at radius 1 is 1.26 bits per heavy atom. The van der Waals surface area contributed by atoms with Crippen LogP contribution in [-0.2, 0) is 0 Å². The minimum atomic E-state index is -4.16. The van der Waals surface area contributed by atoms with E-state index < -0.39 is 18.7 Å². The summed E-state index contributed by atoms with van der Waals surface area (Å²) in [5.41, 5.74) is 0.652. The first kappa shape index (κ1) is 15.6. The molecule has 0 aliphatic heterocycles. The van der Waals surface area contributed by atoms with Crippen LogP contribution in [0.5, 0.6) is 11.5 Å². The maximum atomic E-state index is 12.0. The number of hydrogen-bond donors (Lipinski definition) is 1. The van der Waals surface area contributed by atoms with Crippen molar-refractivity contribution >= 4 is 0 Å². The zero-order chi connectivity index (χ0) is 14.5. The van der Waals surface area contributed by atoms with Gasteiger partial charge in [-0.15, -0.1) is 0 Å². The summed E-state index contributed by atoms with van der Waals surface area (Å²) in [4.78, 5) is 0. The topological polar surface area (TPSA) is 38.7 Å². The van der Waals surface area contributed by atoms with Crippen molar-refractivity contribution in [2.45, 2.75) is 32.0 Å². The Bertz CT molecular complexity index is 403. The number of hydrogen-bond acceptors (Lipinski definition) is 3. The lowest BCUT2D eigenvalue weighted by atomic mass is 10.1. The van der Waals surface area contributed by atoms with Crippen molar-refractivity contribution in [3.63, 3.8) is 0 Å². The van der Waals surface area contributed by atoms with Crippen molar-refractivity contribution in [2.24, 2.45) is 0 Å². The molecule has 1 rings (SSSR count). The van der Waals surface area contributed by atoms with E-state index in [0.29, 0.717) is 17.1 Å². The van der Waals surface area contributed by atoms with Crippen LogP contribution in [-0.4, -0.2) is 25.0 Å². The number of methoxy groups -OCH3 is 1. The van der Waals surface area contributed by atoms with Crippen molar-refractivity contribution in [3.05, 3.63) is 23.8 Å². The molecular weight excluding hydrogens is 261 g/mol. The number of alkyl halides is 3. The molecule has 6 heteroatoms. The molecule has 19 heavy (non-hydrogen) atoms. The van der Waals surface area contributed by atoms with Crippen molar-refractivity contribution in [3.8, 4) is 11.5 Å². The first-order chi connectivity index (χ1) is 8.83. The SMILES string of the molecule is COc1cc(C(C)O)ccc1OCCCC(F)(F)F. The second kappa shape index (κ2) is 6.65. The molecule has 0 amide bonds. The van der Waals surface area contributed by atoms with Crippen LogP contribution in [0.3, 0.4) is 0 Å². The molecule has 1 N–H and O–H groups in total. The maximum absolute atomic E-state index is 12.0. The van der Waals surface area contributed by atoms with Crippen LogP contribution in [0.2, 0.25) is 0 Å². The van der Waals surface area contributed by atoms with Crippen LogP contribution in [0, 0.1) is 0 Å². The van der Waals surface area contributed by atoms with Gasteiger partial charge in [-0.1, -0.05) is 6.07 Å². The fourth-order valence-electron chi connectivity index (χ4n) is 1.52. The highest BCUT2D eigenvalue weighted by Gasteiger charge is 2.26. The highest BCUT2D eigenvalue weighted by molar-refractivity contribution is 5.43. The Kier molecular flexibility index (Phi) is 5.47. The highest BCUT2D eigenvalue weighted by atomic mass is 19.4. The number of benzene rings is 1. The van der Waals surface area contributed by atoms with E-state index in [2.05, 4.69) is 0 Å². The zero-order valence-electron chi connectivity index (χ0n) is 10.8. The minimum absolute atomic E-state index is 0.0378. The number of aliphatic hydroxyl groups excluding tert-OH is 1. The first-order valence-electron chi connectivity index (χ1n) is 5.89. The van der Waals surface area contributed by atoms with E-state index in [1.807, 2.05) is 0 Å². The fourth-order valence-corrected chi connectivity index (χ4v) is 1.52. The van der Waals surface area contributed by atoms with Gasteiger partial charge in [-0.25, -0.2) is 0 Å². The third-order valence-electron chi connectivity index (χ3n) is 2.53. The third kappa shape index (κ3) is 5.38. The monoisotopic (exact) mass is 278 g/mol. The predicted octanol–water partition coefficient (Wildman–Crippen LogP) is 3.47. The maximum Gasteiger partial charge on any atom is 0.389 e. The average molecular weight is 278 g/mol. The van der Waals surface area contributed by atoms with Crippen LogP contribution >= 0.6 is 0 Å². The van der Waals surface area contributed by atoms with Gasteiger partial charge in [0.05, 0.1) is 19.8 Å². The van der Waals surface area contributed by atoms with Crippen LogP contribution in [0.25, 0.3) is 0 Å². The molecule has 0 saturated heterocycles. The van der Waals surface area contributed by atoms with Crippen molar-refractivity contribution in [2.75, 3.05) is 13.7 Å². The lowest BCUT2D eigenvalue weighted by Gasteiger charge is -2.13. The van der Waals surface area contributed by atoms with E-state index in [0.717, 1.165) is 0 Å². The number of halogens is 3. The number of ether oxygens (including phenoxy) is 2. The van der Waals surface area contributed by atoms with E-state index >= 15 is 0 Å². The molecule has 1 unspecified atom stereocenters. The molecule has 0 saturated carbocycles. The Morgan fingerprint density at radius 3 is 2.47 bits per heavy atom. The minimum Gasteiger partial charge on any atom is -0.493 e. The normalized spacial score (nSPS) is 13.2. The Hall–Kier alpha value is -1.43. The van der Waals surface area contributed by atoms with Crippen LogP contribution in [0.15, 0.2) is 18.2 Å². The summed E-state index contributed by atoms with van der Waals surface area (Å²) in [6.07, 6.45) is -5.79. The smallest absolute Gasteiger partial charge is 0.389 e. The van der Waals surface area contributed by atoms with Gasteiger partial charge >= 0.3 is 6.18 Å². The van der Waals surface area contributed by atoms with Crippen molar-refractivity contribution in [1.82, 2.24) is 0 Å². The van der Waals surface area contributed by atoms with Gasteiger partial charge in [-0.3, -0.25) is 0 Å².